The smallest absolute Gasteiger partial charge is 0.242 e. The molecule has 0 aliphatic carbocycles. The van der Waals surface area contributed by atoms with Crippen molar-refractivity contribution in [1.29, 1.82) is 0 Å². The van der Waals surface area contributed by atoms with E-state index in [-0.39, 0.29) is 17.1 Å². The van der Waals surface area contributed by atoms with Crippen LogP contribution in [0.2, 0.25) is 19.6 Å². The van der Waals surface area contributed by atoms with E-state index in [2.05, 4.69) is 20.7 Å². The summed E-state index contributed by atoms with van der Waals surface area (Å²) in [5, 5.41) is 12.5. The number of aromatic hydroxyl groups is 1. The van der Waals surface area contributed by atoms with Crippen LogP contribution < -0.4 is 9.15 Å². The summed E-state index contributed by atoms with van der Waals surface area (Å²) in [6.45, 7) is 6.28. The Balaban J connectivity index is 2.33. The molecule has 0 saturated heterocycles. The molecule has 2 aromatic rings. The number of hydrogen-bond acceptors (Lipinski definition) is 6. The SMILES string of the molecule is C[Si](C)(C)Oc1c(C(Br)CCNS(=O)[O-])oc(-c2cccs2)c1O. The minimum atomic E-state index is -2.31. The van der Waals surface area contributed by atoms with Crippen molar-refractivity contribution in [2.24, 2.45) is 0 Å². The summed E-state index contributed by atoms with van der Waals surface area (Å²) in [6, 6.07) is 3.73. The fourth-order valence-corrected chi connectivity index (χ4v) is 4.34. The molecule has 2 atom stereocenters. The first-order chi connectivity index (χ1) is 11.2. The van der Waals surface area contributed by atoms with Gasteiger partial charge in [-0.25, -0.2) is 4.72 Å². The summed E-state index contributed by atoms with van der Waals surface area (Å²) >= 11 is 2.65. The lowest BCUT2D eigenvalue weighted by atomic mass is 10.2. The van der Waals surface area contributed by atoms with Crippen LogP contribution in [-0.4, -0.2) is 28.7 Å². The summed E-state index contributed by atoms with van der Waals surface area (Å²) in [6.07, 6.45) is 0.451. The lowest BCUT2D eigenvalue weighted by Crippen LogP contribution is -2.29. The Labute approximate surface area is 156 Å². The molecule has 2 N–H and O–H groups in total. The van der Waals surface area contributed by atoms with Gasteiger partial charge in [0.2, 0.25) is 14.1 Å². The Morgan fingerprint density at radius 3 is 2.79 bits per heavy atom. The molecule has 0 bridgehead atoms. The van der Waals surface area contributed by atoms with Crippen molar-refractivity contribution < 1.29 is 22.7 Å². The zero-order chi connectivity index (χ0) is 17.9. The molecular weight excluding hydrogens is 434 g/mol. The quantitative estimate of drug-likeness (QED) is 0.356. The maximum atomic E-state index is 10.6. The predicted molar refractivity (Wildman–Crippen MR) is 101 cm³/mol. The van der Waals surface area contributed by atoms with Gasteiger partial charge in [-0.2, -0.15) is 0 Å². The molecule has 10 heteroatoms. The van der Waals surface area contributed by atoms with Gasteiger partial charge < -0.3 is 18.5 Å². The molecular formula is C14H19BrNO5S2Si-. The first kappa shape index (κ1) is 19.7. The van der Waals surface area contributed by atoms with Crippen molar-refractivity contribution in [2.45, 2.75) is 30.9 Å². The van der Waals surface area contributed by atoms with E-state index in [9.17, 15) is 13.9 Å². The lowest BCUT2D eigenvalue weighted by molar-refractivity contribution is 0.438. The molecule has 0 aliphatic heterocycles. The second-order valence-corrected chi connectivity index (χ2v) is 13.3. The molecule has 24 heavy (non-hydrogen) atoms. The van der Waals surface area contributed by atoms with Crippen molar-refractivity contribution in [1.82, 2.24) is 4.72 Å². The summed E-state index contributed by atoms with van der Waals surface area (Å²) in [7, 11) is -1.98. The number of rotatable bonds is 8. The number of nitrogens with one attached hydrogen (secondary N) is 1. The van der Waals surface area contributed by atoms with E-state index < -0.39 is 19.6 Å². The van der Waals surface area contributed by atoms with Crippen LogP contribution >= 0.6 is 27.3 Å². The molecule has 2 rings (SSSR count). The van der Waals surface area contributed by atoms with E-state index in [0.717, 1.165) is 4.88 Å². The highest BCUT2D eigenvalue weighted by atomic mass is 79.9. The van der Waals surface area contributed by atoms with Crippen LogP contribution in [0, 0.1) is 0 Å². The molecule has 0 aliphatic rings. The second kappa shape index (κ2) is 8.15. The largest absolute Gasteiger partial charge is 0.760 e. The van der Waals surface area contributed by atoms with Crippen molar-refractivity contribution in [3.05, 3.63) is 23.3 Å². The van der Waals surface area contributed by atoms with Gasteiger partial charge >= 0.3 is 0 Å². The molecule has 0 aromatic carbocycles. The van der Waals surface area contributed by atoms with Gasteiger partial charge in [0.05, 0.1) is 9.70 Å². The van der Waals surface area contributed by atoms with E-state index >= 15 is 0 Å². The van der Waals surface area contributed by atoms with Crippen LogP contribution in [-0.2, 0) is 11.3 Å². The summed E-state index contributed by atoms with van der Waals surface area (Å²) < 4.78 is 35.4. The van der Waals surface area contributed by atoms with Gasteiger partial charge in [-0.1, -0.05) is 22.0 Å². The van der Waals surface area contributed by atoms with Gasteiger partial charge in [0, 0.05) is 17.8 Å². The molecule has 0 amide bonds. The fourth-order valence-electron chi connectivity index (χ4n) is 2.01. The average Bonchev–Trinajstić information content (AvgIpc) is 3.06. The second-order valence-electron chi connectivity index (χ2n) is 6.05. The summed E-state index contributed by atoms with van der Waals surface area (Å²) in [4.78, 5) is 0.511. The third kappa shape index (κ3) is 5.17. The molecule has 2 heterocycles. The van der Waals surface area contributed by atoms with Gasteiger partial charge in [-0.15, -0.1) is 11.3 Å². The standard InChI is InChI=1S/C14H20BrNO5S2Si/c1-24(2,3)21-14-11(17)13(10-5-4-8-22-10)20-12(14)9(15)6-7-16-23(18)19/h4-5,8-9,16-17H,6-7H2,1-3H3,(H,18,19)/p-1. The van der Waals surface area contributed by atoms with Crippen molar-refractivity contribution in [3.63, 3.8) is 0 Å². The van der Waals surface area contributed by atoms with Crippen LogP contribution in [0.3, 0.4) is 0 Å². The minimum absolute atomic E-state index is 0.0142. The molecule has 0 fully saturated rings. The van der Waals surface area contributed by atoms with Crippen LogP contribution in [0.4, 0.5) is 0 Å². The lowest BCUT2D eigenvalue weighted by Gasteiger charge is -2.20. The average molecular weight is 453 g/mol. The van der Waals surface area contributed by atoms with Gasteiger partial charge in [-0.3, -0.25) is 4.21 Å². The Morgan fingerprint density at radius 1 is 1.54 bits per heavy atom. The normalized spacial score (nSPS) is 14.5. The minimum Gasteiger partial charge on any atom is -0.760 e. The zero-order valence-electron chi connectivity index (χ0n) is 13.5. The third-order valence-corrected chi connectivity index (χ3v) is 5.92. The molecule has 134 valence electrons. The number of furan rings is 1. The Kier molecular flexibility index (Phi) is 6.68. The first-order valence-corrected chi connectivity index (χ1v) is 13.5. The van der Waals surface area contributed by atoms with Crippen molar-refractivity contribution in [3.8, 4) is 22.1 Å². The van der Waals surface area contributed by atoms with E-state index in [1.807, 2.05) is 37.2 Å². The summed E-state index contributed by atoms with van der Waals surface area (Å²) in [5.41, 5.74) is 0. The van der Waals surface area contributed by atoms with Gasteiger partial charge in [-0.05, 0) is 37.5 Å². The van der Waals surface area contributed by atoms with Crippen LogP contribution in [0.25, 0.3) is 10.6 Å². The van der Waals surface area contributed by atoms with Crippen LogP contribution in [0.1, 0.15) is 17.0 Å². The zero-order valence-corrected chi connectivity index (χ0v) is 17.7. The van der Waals surface area contributed by atoms with Crippen molar-refractivity contribution in [2.75, 3.05) is 6.54 Å². The van der Waals surface area contributed by atoms with Gasteiger partial charge in [0.1, 0.15) is 0 Å². The molecule has 2 aromatic heterocycles. The van der Waals surface area contributed by atoms with Crippen molar-refractivity contribution >= 4 is 46.9 Å². The number of thiophene rings is 1. The topological polar surface area (TPSA) is 94.8 Å². The first-order valence-electron chi connectivity index (χ1n) is 7.24. The molecule has 2 unspecified atom stereocenters. The number of hydrogen-bond donors (Lipinski definition) is 2. The number of alkyl halides is 1. The Bertz CT molecular complexity index is 699. The molecule has 0 spiro atoms. The van der Waals surface area contributed by atoms with Gasteiger partial charge in [0.25, 0.3) is 0 Å². The third-order valence-electron chi connectivity index (χ3n) is 2.92. The summed E-state index contributed by atoms with van der Waals surface area (Å²) in [5.74, 6) is 1.16. The van der Waals surface area contributed by atoms with Gasteiger partial charge in [0.15, 0.2) is 17.3 Å². The highest BCUT2D eigenvalue weighted by Crippen LogP contribution is 2.49. The highest BCUT2D eigenvalue weighted by molar-refractivity contribution is 9.09. The van der Waals surface area contributed by atoms with E-state index in [1.54, 1.807) is 0 Å². The molecule has 0 saturated carbocycles. The van der Waals surface area contributed by atoms with Crippen LogP contribution in [0.15, 0.2) is 21.9 Å². The number of halogens is 1. The Hall–Kier alpha value is -0.653. The van der Waals surface area contributed by atoms with Crippen LogP contribution in [0.5, 0.6) is 11.5 Å². The molecule has 6 nitrogen and oxygen atoms in total. The fraction of sp³-hybridized carbons (Fsp3) is 0.429. The van der Waals surface area contributed by atoms with E-state index in [0.29, 0.717) is 23.7 Å². The highest BCUT2D eigenvalue weighted by Gasteiger charge is 2.30. The maximum Gasteiger partial charge on any atom is 0.242 e. The maximum absolute atomic E-state index is 10.6. The van der Waals surface area contributed by atoms with E-state index in [4.69, 9.17) is 8.84 Å². The Morgan fingerprint density at radius 2 is 2.25 bits per heavy atom. The predicted octanol–water partition coefficient (Wildman–Crippen LogP) is 4.14. The monoisotopic (exact) mass is 452 g/mol. The molecule has 0 radical (unpaired) electrons. The van der Waals surface area contributed by atoms with E-state index in [1.165, 1.54) is 11.3 Å².